The summed E-state index contributed by atoms with van der Waals surface area (Å²) in [7, 11) is 0. The van der Waals surface area contributed by atoms with Gasteiger partial charge in [0.2, 0.25) is 0 Å². The average Bonchev–Trinajstić information content (AvgIpc) is 3.80. The van der Waals surface area contributed by atoms with E-state index in [0.29, 0.717) is 0 Å². The van der Waals surface area contributed by atoms with Crippen LogP contribution in [0.5, 0.6) is 0 Å². The minimum absolute atomic E-state index is 0.523. The van der Waals surface area contributed by atoms with Crippen molar-refractivity contribution < 1.29 is 52.1 Å². The molecular formula is C44H74F3N4O7+. The zero-order chi connectivity index (χ0) is 44.0. The second-order valence-electron chi connectivity index (χ2n) is 14.3. The molecule has 0 spiro atoms. The molecule has 2 unspecified atom stereocenters. The summed E-state index contributed by atoms with van der Waals surface area (Å²) in [5.41, 5.74) is 4.10. The quantitative estimate of drug-likeness (QED) is 0.125. The van der Waals surface area contributed by atoms with Crippen molar-refractivity contribution in [2.75, 3.05) is 72.1 Å². The maximum Gasteiger partial charge on any atom is 0.490 e. The van der Waals surface area contributed by atoms with Crippen molar-refractivity contribution in [1.82, 2.24) is 15.5 Å². The van der Waals surface area contributed by atoms with Crippen LogP contribution in [0.25, 0.3) is 0 Å². The molecule has 2 atom stereocenters. The molecule has 0 saturated carbocycles. The maximum atomic E-state index is 10.9. The minimum atomic E-state index is -5.08. The normalized spacial score (nSPS) is 16.7. The standard InChI is InChI=1S/C12H28N.2C10H11NO2.C6H15N.C4H8O.C2HF3O2/c1-5-9-13(10-6-2,11-7-3)12-8-4;2*12-10(13)9-8-4-2-1-3-7(8)5-6-11-9;1-4-7(5-2)6-3;1-2-4-5-3-1;3-2(4,5)1(6)7/h5-12H2,1-4H3;2*1-4,9,11H,5-6H2,(H,12,13);4-6H2,1-3H3;1-4H2;(H,6,7)/q+1;;;;;. The van der Waals surface area contributed by atoms with Crippen LogP contribution in [-0.2, 0) is 32.0 Å². The summed E-state index contributed by atoms with van der Waals surface area (Å²) in [6, 6.07) is 14.3. The van der Waals surface area contributed by atoms with Crippen LogP contribution >= 0.6 is 0 Å². The first-order valence-corrected chi connectivity index (χ1v) is 21.1. The lowest BCUT2D eigenvalue weighted by atomic mass is 9.95. The molecule has 0 aliphatic carbocycles. The second kappa shape index (κ2) is 31.4. The minimum Gasteiger partial charge on any atom is -0.480 e. The number of carbonyl (C=O) groups is 3. The number of halogens is 3. The van der Waals surface area contributed by atoms with E-state index in [0.717, 1.165) is 61.4 Å². The molecular weight excluding hydrogens is 753 g/mol. The molecule has 0 bridgehead atoms. The fourth-order valence-electron chi connectivity index (χ4n) is 7.20. The van der Waals surface area contributed by atoms with Gasteiger partial charge in [-0.3, -0.25) is 9.59 Å². The molecule has 58 heavy (non-hydrogen) atoms. The summed E-state index contributed by atoms with van der Waals surface area (Å²) in [5, 5.41) is 30.9. The van der Waals surface area contributed by atoms with Gasteiger partial charge in [-0.2, -0.15) is 13.2 Å². The van der Waals surface area contributed by atoms with Gasteiger partial charge in [-0.15, -0.1) is 0 Å². The zero-order valence-electron chi connectivity index (χ0n) is 36.2. The van der Waals surface area contributed by atoms with Crippen molar-refractivity contribution in [2.24, 2.45) is 0 Å². The topological polar surface area (TPSA) is 148 Å². The molecule has 0 radical (unpaired) electrons. The number of quaternary nitrogens is 1. The first-order valence-electron chi connectivity index (χ1n) is 21.1. The van der Waals surface area contributed by atoms with Gasteiger partial charge in [-0.05, 0) is 93.3 Å². The maximum absolute atomic E-state index is 10.9. The van der Waals surface area contributed by atoms with E-state index < -0.39 is 36.2 Å². The fourth-order valence-corrected chi connectivity index (χ4v) is 7.20. The van der Waals surface area contributed by atoms with Crippen molar-refractivity contribution in [3.8, 4) is 0 Å². The third kappa shape index (κ3) is 22.0. The molecule has 3 aliphatic heterocycles. The van der Waals surface area contributed by atoms with E-state index in [1.54, 1.807) is 0 Å². The van der Waals surface area contributed by atoms with Crippen molar-refractivity contribution >= 4 is 17.9 Å². The molecule has 14 heteroatoms. The first kappa shape index (κ1) is 54.4. The molecule has 0 aromatic heterocycles. The van der Waals surface area contributed by atoms with E-state index >= 15 is 0 Å². The average molecular weight is 828 g/mol. The molecule has 3 aliphatic rings. The monoisotopic (exact) mass is 828 g/mol. The van der Waals surface area contributed by atoms with Gasteiger partial charge in [-0.25, -0.2) is 4.79 Å². The van der Waals surface area contributed by atoms with Crippen LogP contribution in [0.3, 0.4) is 0 Å². The predicted octanol–water partition coefficient (Wildman–Crippen LogP) is 8.14. The predicted molar refractivity (Wildman–Crippen MR) is 225 cm³/mol. The molecule has 2 aromatic carbocycles. The highest BCUT2D eigenvalue weighted by atomic mass is 19.4. The van der Waals surface area contributed by atoms with E-state index in [4.69, 9.17) is 24.9 Å². The number of fused-ring (bicyclic) bond motifs is 2. The first-order chi connectivity index (χ1) is 27.6. The number of nitrogens with zero attached hydrogens (tertiary/aromatic N) is 2. The Morgan fingerprint density at radius 2 is 0.983 bits per heavy atom. The molecule has 2 aromatic rings. The van der Waals surface area contributed by atoms with Gasteiger partial charge < -0.3 is 40.1 Å². The number of rotatable bonds is 13. The number of aliphatic carboxylic acids is 3. The number of hydrogen-bond acceptors (Lipinski definition) is 7. The summed E-state index contributed by atoms with van der Waals surface area (Å²) >= 11 is 0. The summed E-state index contributed by atoms with van der Waals surface area (Å²) < 4.78 is 38.1. The number of ether oxygens (including phenoxy) is 1. The molecule has 5 N–H and O–H groups in total. The Labute approximate surface area is 345 Å². The van der Waals surface area contributed by atoms with Crippen LogP contribution in [0.1, 0.15) is 121 Å². The van der Waals surface area contributed by atoms with E-state index in [-0.39, 0.29) is 0 Å². The third-order valence-electron chi connectivity index (χ3n) is 9.91. The molecule has 3 heterocycles. The van der Waals surface area contributed by atoms with E-state index in [1.807, 2.05) is 48.5 Å². The summed E-state index contributed by atoms with van der Waals surface area (Å²) in [6.07, 6.45) is 4.64. The van der Waals surface area contributed by atoms with Gasteiger partial charge in [0.1, 0.15) is 12.1 Å². The molecule has 1 fully saturated rings. The highest BCUT2D eigenvalue weighted by molar-refractivity contribution is 5.77. The van der Waals surface area contributed by atoms with Gasteiger partial charge in [0.25, 0.3) is 0 Å². The second-order valence-corrected chi connectivity index (χ2v) is 14.3. The number of alkyl halides is 3. The lowest BCUT2D eigenvalue weighted by Gasteiger charge is -2.38. The molecule has 332 valence electrons. The van der Waals surface area contributed by atoms with Crippen molar-refractivity contribution in [1.29, 1.82) is 0 Å². The highest BCUT2D eigenvalue weighted by Gasteiger charge is 2.38. The number of hydrogen-bond donors (Lipinski definition) is 5. The smallest absolute Gasteiger partial charge is 0.480 e. The van der Waals surface area contributed by atoms with Gasteiger partial charge in [0, 0.05) is 26.3 Å². The van der Waals surface area contributed by atoms with Crippen molar-refractivity contribution in [2.45, 2.75) is 118 Å². The Morgan fingerprint density at radius 1 is 0.655 bits per heavy atom. The van der Waals surface area contributed by atoms with Crippen LogP contribution in [0, 0.1) is 0 Å². The highest BCUT2D eigenvalue weighted by Crippen LogP contribution is 2.23. The van der Waals surface area contributed by atoms with Gasteiger partial charge >= 0.3 is 24.1 Å². The van der Waals surface area contributed by atoms with Crippen LogP contribution in [0.15, 0.2) is 48.5 Å². The Hall–Kier alpha value is -3.56. The van der Waals surface area contributed by atoms with Gasteiger partial charge in [0.15, 0.2) is 0 Å². The zero-order valence-corrected chi connectivity index (χ0v) is 36.2. The Morgan fingerprint density at radius 3 is 1.21 bits per heavy atom. The van der Waals surface area contributed by atoms with E-state index in [9.17, 15) is 22.8 Å². The number of carboxylic acid groups (broad SMARTS) is 3. The summed E-state index contributed by atoms with van der Waals surface area (Å²) in [6.45, 7) is 28.4. The lowest BCUT2D eigenvalue weighted by molar-refractivity contribution is -0.928. The van der Waals surface area contributed by atoms with Crippen molar-refractivity contribution in [3.05, 3.63) is 70.8 Å². The Bertz CT molecular complexity index is 1300. The SMILES string of the molecule is C1CCOC1.CCC[N+](CCC)(CCC)CCC.CCN(CC)CC.O=C(O)C(F)(F)F.O=C(O)C1NCCc2ccccc21.O=C(O)C1NCCc2ccccc21. The van der Waals surface area contributed by atoms with Crippen LogP contribution < -0.4 is 10.6 Å². The third-order valence-corrected chi connectivity index (χ3v) is 9.91. The van der Waals surface area contributed by atoms with E-state index in [2.05, 4.69) is 64.0 Å². The molecule has 1 saturated heterocycles. The largest absolute Gasteiger partial charge is 0.490 e. The van der Waals surface area contributed by atoms with Crippen LogP contribution in [0.2, 0.25) is 0 Å². The Kier molecular flexibility index (Phi) is 29.4. The Balaban J connectivity index is 0.000000695. The van der Waals surface area contributed by atoms with Crippen molar-refractivity contribution in [3.63, 3.8) is 0 Å². The number of nitrogens with one attached hydrogen (secondary N) is 2. The summed E-state index contributed by atoms with van der Waals surface area (Å²) in [4.78, 5) is 33.0. The van der Waals surface area contributed by atoms with E-state index in [1.165, 1.54) is 88.8 Å². The van der Waals surface area contributed by atoms with Gasteiger partial charge in [0.05, 0.1) is 26.2 Å². The lowest BCUT2D eigenvalue weighted by Crippen LogP contribution is -2.50. The molecule has 5 rings (SSSR count). The number of benzene rings is 2. The summed E-state index contributed by atoms with van der Waals surface area (Å²) in [5.74, 6) is -4.35. The fraction of sp³-hybridized carbons (Fsp3) is 0.659. The van der Waals surface area contributed by atoms with Gasteiger partial charge in [-0.1, -0.05) is 97.0 Å². The van der Waals surface area contributed by atoms with Crippen LogP contribution in [-0.4, -0.2) is 121 Å². The van der Waals surface area contributed by atoms with Crippen LogP contribution in [0.4, 0.5) is 13.2 Å². The number of carboxylic acids is 3. The molecule has 11 nitrogen and oxygen atoms in total. The molecule has 0 amide bonds.